The van der Waals surface area contributed by atoms with Crippen LogP contribution in [0.15, 0.2) is 24.3 Å². The fraction of sp³-hybridized carbons (Fsp3) is 0.455. The van der Waals surface area contributed by atoms with Crippen molar-refractivity contribution in [2.24, 2.45) is 0 Å². The summed E-state index contributed by atoms with van der Waals surface area (Å²) in [5, 5.41) is 14.0. The summed E-state index contributed by atoms with van der Waals surface area (Å²) >= 11 is 0. The highest BCUT2D eigenvalue weighted by atomic mass is 35.5. The molecule has 1 aromatic carbocycles. The minimum absolute atomic E-state index is 0. The lowest BCUT2D eigenvalue weighted by atomic mass is 10.1. The molecule has 5 nitrogen and oxygen atoms in total. The Morgan fingerprint density at radius 1 is 1.47 bits per heavy atom. The molecular formula is C11H16ClN3O2. The number of nitro groups is 1. The van der Waals surface area contributed by atoms with E-state index in [1.807, 2.05) is 19.2 Å². The van der Waals surface area contributed by atoms with Gasteiger partial charge in [0.2, 0.25) is 0 Å². The van der Waals surface area contributed by atoms with E-state index in [1.54, 1.807) is 12.1 Å². The van der Waals surface area contributed by atoms with Gasteiger partial charge in [-0.05, 0) is 7.05 Å². The number of likely N-dealkylation sites (N-methyl/N-ethyl adjacent to an activating group) is 1. The zero-order valence-corrected chi connectivity index (χ0v) is 10.4. The van der Waals surface area contributed by atoms with E-state index in [1.165, 1.54) is 0 Å². The van der Waals surface area contributed by atoms with Gasteiger partial charge in [-0.2, -0.15) is 0 Å². The first kappa shape index (κ1) is 13.9. The number of nitro benzene ring substituents is 1. The SMILES string of the molecule is CN(Cc1ccccc1[N+](=O)[O-])C1CNC1.Cl. The second kappa shape index (κ2) is 5.95. The molecule has 1 aromatic rings. The molecule has 0 bridgehead atoms. The standard InChI is InChI=1S/C11H15N3O2.ClH/c1-13(10-6-12-7-10)8-9-4-2-3-5-11(9)14(15)16;/h2-5,10,12H,6-8H2,1H3;1H. The molecular weight excluding hydrogens is 242 g/mol. The summed E-state index contributed by atoms with van der Waals surface area (Å²) in [7, 11) is 2.00. The zero-order chi connectivity index (χ0) is 11.5. The van der Waals surface area contributed by atoms with Crippen molar-refractivity contribution in [3.63, 3.8) is 0 Å². The lowest BCUT2D eigenvalue weighted by Crippen LogP contribution is -2.55. The first-order valence-corrected chi connectivity index (χ1v) is 5.31. The van der Waals surface area contributed by atoms with E-state index in [-0.39, 0.29) is 23.0 Å². The minimum atomic E-state index is -0.317. The van der Waals surface area contributed by atoms with Crippen LogP contribution < -0.4 is 5.32 Å². The van der Waals surface area contributed by atoms with Gasteiger partial charge in [0.1, 0.15) is 0 Å². The highest BCUT2D eigenvalue weighted by Crippen LogP contribution is 2.20. The van der Waals surface area contributed by atoms with Crippen LogP contribution >= 0.6 is 12.4 Å². The Balaban J connectivity index is 0.00000144. The smallest absolute Gasteiger partial charge is 0.273 e. The van der Waals surface area contributed by atoms with Gasteiger partial charge in [-0.25, -0.2) is 0 Å². The minimum Gasteiger partial charge on any atom is -0.314 e. The number of para-hydroxylation sites is 1. The maximum atomic E-state index is 10.8. The second-order valence-electron chi connectivity index (χ2n) is 4.11. The fourth-order valence-electron chi connectivity index (χ4n) is 1.81. The quantitative estimate of drug-likeness (QED) is 0.655. The molecule has 0 unspecified atom stereocenters. The summed E-state index contributed by atoms with van der Waals surface area (Å²) < 4.78 is 0. The van der Waals surface area contributed by atoms with Crippen LogP contribution in [-0.4, -0.2) is 36.0 Å². The average molecular weight is 258 g/mol. The molecule has 1 heterocycles. The molecule has 0 aliphatic carbocycles. The van der Waals surface area contributed by atoms with Gasteiger partial charge in [-0.1, -0.05) is 18.2 Å². The van der Waals surface area contributed by atoms with E-state index in [9.17, 15) is 10.1 Å². The molecule has 1 aliphatic heterocycles. The van der Waals surface area contributed by atoms with Crippen molar-refractivity contribution >= 4 is 18.1 Å². The average Bonchev–Trinajstić information content (AvgIpc) is 2.15. The largest absolute Gasteiger partial charge is 0.314 e. The number of rotatable bonds is 4. The topological polar surface area (TPSA) is 58.4 Å². The molecule has 0 saturated carbocycles. The number of benzene rings is 1. The normalized spacial score (nSPS) is 15.2. The molecule has 1 N–H and O–H groups in total. The number of hydrogen-bond acceptors (Lipinski definition) is 4. The third-order valence-corrected chi connectivity index (χ3v) is 2.99. The van der Waals surface area contributed by atoms with Crippen LogP contribution in [0, 0.1) is 10.1 Å². The van der Waals surface area contributed by atoms with Crippen LogP contribution in [-0.2, 0) is 6.54 Å². The van der Waals surface area contributed by atoms with Crippen LogP contribution in [0.25, 0.3) is 0 Å². The summed E-state index contributed by atoms with van der Waals surface area (Å²) in [6, 6.07) is 7.42. The van der Waals surface area contributed by atoms with Crippen LogP contribution in [0.3, 0.4) is 0 Å². The predicted octanol–water partition coefficient (Wildman–Crippen LogP) is 1.42. The van der Waals surface area contributed by atoms with Gasteiger partial charge in [0.05, 0.1) is 4.92 Å². The van der Waals surface area contributed by atoms with Gasteiger partial charge < -0.3 is 5.32 Å². The van der Waals surface area contributed by atoms with Gasteiger partial charge in [0.25, 0.3) is 5.69 Å². The summed E-state index contributed by atoms with van der Waals surface area (Å²) in [6.07, 6.45) is 0. The van der Waals surface area contributed by atoms with Crippen LogP contribution in [0.2, 0.25) is 0 Å². The van der Waals surface area contributed by atoms with Crippen molar-refractivity contribution in [2.75, 3.05) is 20.1 Å². The van der Waals surface area contributed by atoms with Crippen molar-refractivity contribution in [2.45, 2.75) is 12.6 Å². The maximum absolute atomic E-state index is 10.8. The number of halogens is 1. The van der Waals surface area contributed by atoms with Gasteiger partial charge in [0.15, 0.2) is 0 Å². The molecule has 6 heteroatoms. The molecule has 0 amide bonds. The highest BCUT2D eigenvalue weighted by molar-refractivity contribution is 5.85. The maximum Gasteiger partial charge on any atom is 0.273 e. The Labute approximate surface area is 106 Å². The van der Waals surface area contributed by atoms with E-state index in [0.29, 0.717) is 12.6 Å². The van der Waals surface area contributed by atoms with Crippen molar-refractivity contribution in [3.05, 3.63) is 39.9 Å². The Bertz CT molecular complexity index is 396. The van der Waals surface area contributed by atoms with Gasteiger partial charge in [-0.3, -0.25) is 15.0 Å². The molecule has 2 rings (SSSR count). The van der Waals surface area contributed by atoms with E-state index in [2.05, 4.69) is 10.2 Å². The molecule has 0 aromatic heterocycles. The Morgan fingerprint density at radius 3 is 2.65 bits per heavy atom. The van der Waals surface area contributed by atoms with E-state index in [4.69, 9.17) is 0 Å². The van der Waals surface area contributed by atoms with Gasteiger partial charge >= 0.3 is 0 Å². The number of hydrogen-bond donors (Lipinski definition) is 1. The molecule has 0 atom stereocenters. The Morgan fingerprint density at radius 2 is 2.12 bits per heavy atom. The number of nitrogens with one attached hydrogen (secondary N) is 1. The van der Waals surface area contributed by atoms with Crippen molar-refractivity contribution in [1.82, 2.24) is 10.2 Å². The van der Waals surface area contributed by atoms with Gasteiger partial charge in [-0.15, -0.1) is 12.4 Å². The molecule has 0 radical (unpaired) electrons. The lowest BCUT2D eigenvalue weighted by molar-refractivity contribution is -0.385. The molecule has 94 valence electrons. The summed E-state index contributed by atoms with van der Waals surface area (Å²) in [6.45, 7) is 2.57. The van der Waals surface area contributed by atoms with Crippen LogP contribution in [0.1, 0.15) is 5.56 Å². The summed E-state index contributed by atoms with van der Waals surface area (Å²) in [5.41, 5.74) is 0.989. The third-order valence-electron chi connectivity index (χ3n) is 2.99. The van der Waals surface area contributed by atoms with Crippen LogP contribution in [0.5, 0.6) is 0 Å². The number of nitrogens with zero attached hydrogens (tertiary/aromatic N) is 2. The van der Waals surface area contributed by atoms with Crippen LogP contribution in [0.4, 0.5) is 5.69 Å². The third kappa shape index (κ3) is 3.15. The second-order valence-corrected chi connectivity index (χ2v) is 4.11. The van der Waals surface area contributed by atoms with E-state index < -0.39 is 0 Å². The Hall–Kier alpha value is -1.17. The summed E-state index contributed by atoms with van der Waals surface area (Å²) in [4.78, 5) is 12.7. The lowest BCUT2D eigenvalue weighted by Gasteiger charge is -2.35. The molecule has 1 saturated heterocycles. The van der Waals surface area contributed by atoms with Gasteiger partial charge in [0, 0.05) is 37.3 Å². The zero-order valence-electron chi connectivity index (χ0n) is 9.63. The summed E-state index contributed by atoms with van der Waals surface area (Å²) in [5.74, 6) is 0. The highest BCUT2D eigenvalue weighted by Gasteiger charge is 2.23. The monoisotopic (exact) mass is 257 g/mol. The first-order chi connectivity index (χ1) is 7.68. The molecule has 0 spiro atoms. The molecule has 1 fully saturated rings. The van der Waals surface area contributed by atoms with E-state index in [0.717, 1.165) is 18.7 Å². The van der Waals surface area contributed by atoms with Crippen molar-refractivity contribution in [1.29, 1.82) is 0 Å². The fourth-order valence-corrected chi connectivity index (χ4v) is 1.81. The molecule has 17 heavy (non-hydrogen) atoms. The molecule has 1 aliphatic rings. The van der Waals surface area contributed by atoms with Crippen molar-refractivity contribution < 1.29 is 4.92 Å². The predicted molar refractivity (Wildman–Crippen MR) is 68.5 cm³/mol. The Kier molecular flexibility index (Phi) is 4.86. The first-order valence-electron chi connectivity index (χ1n) is 5.31. The van der Waals surface area contributed by atoms with Crippen molar-refractivity contribution in [3.8, 4) is 0 Å². The van der Waals surface area contributed by atoms with E-state index >= 15 is 0 Å².